The van der Waals surface area contributed by atoms with E-state index in [0.29, 0.717) is 23.0 Å². The number of fused-ring (bicyclic) bond motifs is 3. The smallest absolute Gasteiger partial charge is 0.164 e. The Bertz CT molecular complexity index is 2460. The molecular weight excluding hydrogens is 640 g/mol. The van der Waals surface area contributed by atoms with E-state index in [-0.39, 0.29) is 16.6 Å². The highest BCUT2D eigenvalue weighted by Gasteiger charge is 2.24. The fourth-order valence-corrected chi connectivity index (χ4v) is 6.91. The first-order valence-electron chi connectivity index (χ1n) is 17.8. The Labute approximate surface area is 304 Å². The topological polar surface area (TPSA) is 43.6 Å². The van der Waals surface area contributed by atoms with Crippen LogP contribution < -0.4 is 0 Å². The van der Waals surface area contributed by atoms with Crippen LogP contribution in [0.5, 0.6) is 0 Å². The molecule has 6 aromatic carbocycles. The van der Waals surface area contributed by atoms with Gasteiger partial charge in [-0.2, -0.15) is 0 Å². The highest BCUT2D eigenvalue weighted by molar-refractivity contribution is 6.10. The van der Waals surface area contributed by atoms with Gasteiger partial charge in [-0.05, 0) is 46.2 Å². The molecule has 0 aliphatic carbocycles. The van der Waals surface area contributed by atoms with E-state index in [1.54, 1.807) is 6.07 Å². The molecule has 2 aromatic heterocycles. The lowest BCUT2D eigenvalue weighted by molar-refractivity contribution is 0.591. The molecule has 52 heavy (non-hydrogen) atoms. The predicted octanol–water partition coefficient (Wildman–Crippen LogP) is 12.4. The van der Waals surface area contributed by atoms with E-state index in [1.807, 2.05) is 84.9 Å². The monoisotopic (exact) mass is 680 g/mol. The van der Waals surface area contributed by atoms with Crippen molar-refractivity contribution in [1.29, 1.82) is 0 Å². The minimum absolute atomic E-state index is 0.0746. The molecule has 0 spiro atoms. The molecule has 5 heteroatoms. The molecule has 0 aliphatic rings. The zero-order chi connectivity index (χ0) is 36.2. The SMILES string of the molecule is CC(C)(C)c1ccc2c3ccc(C(C)(C)C)cc3n(-c3cc(-c4nc(-c5ccccc5)nc(-c5ccccc5)n4)ccc3-c3ccccc3F)c2c1. The molecule has 8 rings (SSSR count). The molecule has 0 saturated heterocycles. The average molecular weight is 681 g/mol. The van der Waals surface area contributed by atoms with Crippen LogP contribution in [0.2, 0.25) is 0 Å². The van der Waals surface area contributed by atoms with Crippen molar-refractivity contribution in [2.45, 2.75) is 52.4 Å². The van der Waals surface area contributed by atoms with Crippen molar-refractivity contribution in [2.75, 3.05) is 0 Å². The summed E-state index contributed by atoms with van der Waals surface area (Å²) < 4.78 is 18.1. The van der Waals surface area contributed by atoms with E-state index >= 15 is 4.39 Å². The summed E-state index contributed by atoms with van der Waals surface area (Å²) in [4.78, 5) is 15.0. The van der Waals surface area contributed by atoms with Gasteiger partial charge in [-0.3, -0.25) is 0 Å². The molecule has 0 bridgehead atoms. The minimum atomic E-state index is -0.277. The first-order valence-corrected chi connectivity index (χ1v) is 17.8. The summed E-state index contributed by atoms with van der Waals surface area (Å²) in [5, 5.41) is 2.29. The third kappa shape index (κ3) is 6.06. The summed E-state index contributed by atoms with van der Waals surface area (Å²) in [5.41, 5.74) is 9.20. The second-order valence-electron chi connectivity index (χ2n) is 15.5. The zero-order valence-corrected chi connectivity index (χ0v) is 30.4. The Morgan fingerprint density at radius 1 is 0.442 bits per heavy atom. The lowest BCUT2D eigenvalue weighted by Crippen LogP contribution is -2.11. The maximum Gasteiger partial charge on any atom is 0.164 e. The maximum atomic E-state index is 15.8. The van der Waals surface area contributed by atoms with Gasteiger partial charge in [-0.25, -0.2) is 19.3 Å². The van der Waals surface area contributed by atoms with E-state index in [2.05, 4.69) is 88.6 Å². The Morgan fingerprint density at radius 3 is 1.38 bits per heavy atom. The van der Waals surface area contributed by atoms with Crippen LogP contribution in [0.25, 0.3) is 72.8 Å². The largest absolute Gasteiger partial charge is 0.309 e. The Hall–Kier alpha value is -5.94. The molecule has 8 aromatic rings. The molecule has 0 atom stereocenters. The van der Waals surface area contributed by atoms with Crippen LogP contribution in [0.4, 0.5) is 4.39 Å². The van der Waals surface area contributed by atoms with Gasteiger partial charge in [0.25, 0.3) is 0 Å². The Kier molecular flexibility index (Phi) is 8.10. The first-order chi connectivity index (χ1) is 25.0. The van der Waals surface area contributed by atoms with Gasteiger partial charge in [0.15, 0.2) is 17.5 Å². The van der Waals surface area contributed by atoms with Gasteiger partial charge in [-0.1, -0.05) is 157 Å². The lowest BCUT2D eigenvalue weighted by Gasteiger charge is -2.21. The van der Waals surface area contributed by atoms with Crippen LogP contribution in [0.3, 0.4) is 0 Å². The summed E-state index contributed by atoms with van der Waals surface area (Å²) >= 11 is 0. The van der Waals surface area contributed by atoms with Crippen LogP contribution in [-0.4, -0.2) is 19.5 Å². The van der Waals surface area contributed by atoms with Gasteiger partial charge in [0.2, 0.25) is 0 Å². The van der Waals surface area contributed by atoms with Crippen molar-refractivity contribution in [2.24, 2.45) is 0 Å². The lowest BCUT2D eigenvalue weighted by atomic mass is 9.86. The van der Waals surface area contributed by atoms with E-state index in [4.69, 9.17) is 15.0 Å². The van der Waals surface area contributed by atoms with E-state index in [0.717, 1.165) is 49.7 Å². The van der Waals surface area contributed by atoms with Crippen LogP contribution >= 0.6 is 0 Å². The van der Waals surface area contributed by atoms with Crippen LogP contribution in [-0.2, 0) is 10.8 Å². The highest BCUT2D eigenvalue weighted by Crippen LogP contribution is 2.41. The summed E-state index contributed by atoms with van der Waals surface area (Å²) in [7, 11) is 0. The Balaban J connectivity index is 1.47. The van der Waals surface area contributed by atoms with Crippen molar-refractivity contribution in [1.82, 2.24) is 19.5 Å². The molecule has 0 amide bonds. The molecule has 0 unspecified atom stereocenters. The molecule has 0 radical (unpaired) electrons. The van der Waals surface area contributed by atoms with Crippen LogP contribution in [0, 0.1) is 5.82 Å². The molecule has 0 fully saturated rings. The van der Waals surface area contributed by atoms with Gasteiger partial charge in [0, 0.05) is 38.6 Å². The molecular formula is C47H41FN4. The number of halogens is 1. The van der Waals surface area contributed by atoms with E-state index in [9.17, 15) is 0 Å². The van der Waals surface area contributed by atoms with E-state index in [1.165, 1.54) is 17.2 Å². The zero-order valence-electron chi connectivity index (χ0n) is 30.4. The van der Waals surface area contributed by atoms with Crippen molar-refractivity contribution >= 4 is 21.8 Å². The van der Waals surface area contributed by atoms with Crippen LogP contribution in [0.1, 0.15) is 52.7 Å². The quantitative estimate of drug-likeness (QED) is 0.182. The molecule has 256 valence electrons. The molecule has 0 saturated carbocycles. The third-order valence-corrected chi connectivity index (χ3v) is 9.86. The fourth-order valence-electron chi connectivity index (χ4n) is 6.91. The normalized spacial score (nSPS) is 12.1. The summed E-state index contributed by atoms with van der Waals surface area (Å²) in [5.74, 6) is 1.44. The van der Waals surface area contributed by atoms with Gasteiger partial charge in [0.05, 0.1) is 16.7 Å². The standard InChI is InChI=1S/C47H41FN4/c1-46(2,3)33-22-25-37-38-26-23-34(47(4,5)6)29-42(38)52(41(37)28-33)40-27-32(21-24-36(40)35-19-13-14-20-39(35)48)45-50-43(30-15-9-7-10-16-30)49-44(51-45)31-17-11-8-12-18-31/h7-29H,1-6H3. The van der Waals surface area contributed by atoms with Crippen molar-refractivity contribution < 1.29 is 4.39 Å². The van der Waals surface area contributed by atoms with Gasteiger partial charge < -0.3 is 4.57 Å². The van der Waals surface area contributed by atoms with Crippen molar-refractivity contribution in [3.05, 3.63) is 156 Å². The molecule has 0 N–H and O–H groups in total. The number of hydrogen-bond donors (Lipinski definition) is 0. The maximum absolute atomic E-state index is 15.8. The number of benzene rings is 6. The molecule has 2 heterocycles. The summed E-state index contributed by atoms with van der Waals surface area (Å²) in [6.07, 6.45) is 0. The summed E-state index contributed by atoms with van der Waals surface area (Å²) in [6.45, 7) is 13.4. The fraction of sp³-hybridized carbons (Fsp3) is 0.170. The molecule has 4 nitrogen and oxygen atoms in total. The summed E-state index contributed by atoms with van der Waals surface area (Å²) in [6, 6.07) is 46.7. The number of rotatable bonds is 5. The van der Waals surface area contributed by atoms with Crippen LogP contribution in [0.15, 0.2) is 140 Å². The second-order valence-corrected chi connectivity index (χ2v) is 15.5. The first kappa shape index (κ1) is 33.2. The predicted molar refractivity (Wildman–Crippen MR) is 213 cm³/mol. The number of nitrogens with zero attached hydrogens (tertiary/aromatic N) is 4. The highest BCUT2D eigenvalue weighted by atomic mass is 19.1. The number of aromatic nitrogens is 4. The second kappa shape index (κ2) is 12.7. The van der Waals surface area contributed by atoms with Gasteiger partial charge in [-0.15, -0.1) is 0 Å². The van der Waals surface area contributed by atoms with E-state index < -0.39 is 0 Å². The minimum Gasteiger partial charge on any atom is -0.309 e. The van der Waals surface area contributed by atoms with Gasteiger partial charge in [0.1, 0.15) is 5.82 Å². The average Bonchev–Trinajstić information content (AvgIpc) is 3.48. The third-order valence-electron chi connectivity index (χ3n) is 9.86. The Morgan fingerprint density at radius 2 is 0.904 bits per heavy atom. The number of hydrogen-bond acceptors (Lipinski definition) is 3. The van der Waals surface area contributed by atoms with Crippen molar-refractivity contribution in [3.8, 4) is 51.0 Å². The van der Waals surface area contributed by atoms with Crippen molar-refractivity contribution in [3.63, 3.8) is 0 Å². The molecule has 0 aliphatic heterocycles. The van der Waals surface area contributed by atoms with Gasteiger partial charge >= 0.3 is 0 Å².